The maximum Gasteiger partial charge on any atom is 0.179 e. The van der Waals surface area contributed by atoms with Crippen molar-refractivity contribution in [2.75, 3.05) is 0 Å². The summed E-state index contributed by atoms with van der Waals surface area (Å²) in [6.07, 6.45) is 7.50. The number of hydrogen-bond acceptors (Lipinski definition) is 2. The Morgan fingerprint density at radius 3 is 2.65 bits per heavy atom. The highest BCUT2D eigenvalue weighted by atomic mass is 16.1. The lowest BCUT2D eigenvalue weighted by molar-refractivity contribution is -0.117. The lowest BCUT2D eigenvalue weighted by Crippen LogP contribution is -2.22. The van der Waals surface area contributed by atoms with Crippen LogP contribution < -0.4 is 5.73 Å². The molecule has 0 bridgehead atoms. The smallest absolute Gasteiger partial charge is 0.179 e. The van der Waals surface area contributed by atoms with Gasteiger partial charge in [0.05, 0.1) is 6.04 Å². The Kier molecular flexibility index (Phi) is 4.10. The third kappa shape index (κ3) is 3.04. The molecule has 2 nitrogen and oxygen atoms in total. The van der Waals surface area contributed by atoms with Crippen LogP contribution in [0.5, 0.6) is 0 Å². The van der Waals surface area contributed by atoms with Gasteiger partial charge in [0.15, 0.2) is 5.78 Å². The Morgan fingerprint density at radius 2 is 1.88 bits per heavy atom. The fourth-order valence-electron chi connectivity index (χ4n) is 2.25. The van der Waals surface area contributed by atoms with Crippen LogP contribution in [-0.2, 0) is 4.79 Å². The van der Waals surface area contributed by atoms with E-state index in [1.165, 1.54) is 12.8 Å². The van der Waals surface area contributed by atoms with Crippen molar-refractivity contribution < 1.29 is 4.79 Å². The van der Waals surface area contributed by atoms with E-state index in [1.54, 1.807) is 0 Å². The van der Waals surface area contributed by atoms with Crippen molar-refractivity contribution in [3.05, 3.63) is 47.5 Å². The number of carbonyl (C=O) groups is 1. The highest BCUT2D eigenvalue weighted by Gasteiger charge is 2.19. The Balaban J connectivity index is 2.11. The Morgan fingerprint density at radius 1 is 1.12 bits per heavy atom. The summed E-state index contributed by atoms with van der Waals surface area (Å²) in [5.41, 5.74) is 7.86. The predicted molar refractivity (Wildman–Crippen MR) is 69.5 cm³/mol. The first-order chi connectivity index (χ1) is 8.29. The van der Waals surface area contributed by atoms with Gasteiger partial charge >= 0.3 is 0 Å². The number of benzene rings is 1. The van der Waals surface area contributed by atoms with E-state index in [4.69, 9.17) is 5.73 Å². The topological polar surface area (TPSA) is 43.1 Å². The minimum atomic E-state index is -0.499. The molecule has 0 spiro atoms. The Bertz CT molecular complexity index is 408. The van der Waals surface area contributed by atoms with Gasteiger partial charge in [-0.1, -0.05) is 42.8 Å². The van der Waals surface area contributed by atoms with Crippen LogP contribution in [0.2, 0.25) is 0 Å². The molecule has 1 aliphatic carbocycles. The molecule has 0 saturated heterocycles. The molecular weight excluding hydrogens is 210 g/mol. The summed E-state index contributed by atoms with van der Waals surface area (Å²) in [4.78, 5) is 12.3. The summed E-state index contributed by atoms with van der Waals surface area (Å²) >= 11 is 0. The fourth-order valence-corrected chi connectivity index (χ4v) is 2.25. The minimum Gasteiger partial charge on any atom is -0.318 e. The van der Waals surface area contributed by atoms with Gasteiger partial charge in [-0.25, -0.2) is 0 Å². The Labute approximate surface area is 103 Å². The van der Waals surface area contributed by atoms with Crippen molar-refractivity contribution in [3.63, 3.8) is 0 Å². The normalized spacial score (nSPS) is 18.1. The van der Waals surface area contributed by atoms with Crippen molar-refractivity contribution in [1.82, 2.24) is 0 Å². The van der Waals surface area contributed by atoms with Gasteiger partial charge < -0.3 is 5.73 Å². The SMILES string of the molecule is N[C@@H](C(=O)C1=CCCCCC1)c1ccccc1. The molecule has 0 unspecified atom stereocenters. The standard InChI is InChI=1S/C15H19NO/c16-14(12-8-6-3-7-9-12)15(17)13-10-4-1-2-5-11-13/h3,6-10,14H,1-2,4-5,11,16H2/t14-/m1/s1. The van der Waals surface area contributed by atoms with Crippen LogP contribution in [0.25, 0.3) is 0 Å². The van der Waals surface area contributed by atoms with Crippen LogP contribution in [-0.4, -0.2) is 5.78 Å². The van der Waals surface area contributed by atoms with Crippen LogP contribution >= 0.6 is 0 Å². The van der Waals surface area contributed by atoms with E-state index < -0.39 is 6.04 Å². The van der Waals surface area contributed by atoms with Crippen LogP contribution in [0.1, 0.15) is 43.7 Å². The molecular formula is C15H19NO. The first-order valence-electron chi connectivity index (χ1n) is 6.33. The second-order valence-electron chi connectivity index (χ2n) is 4.58. The fraction of sp³-hybridized carbons (Fsp3) is 0.400. The van der Waals surface area contributed by atoms with Crippen LogP contribution in [0.3, 0.4) is 0 Å². The number of allylic oxidation sites excluding steroid dienone is 1. The number of ketones is 1. The van der Waals surface area contributed by atoms with Crippen molar-refractivity contribution in [3.8, 4) is 0 Å². The quantitative estimate of drug-likeness (QED) is 0.865. The van der Waals surface area contributed by atoms with Gasteiger partial charge in [0.1, 0.15) is 0 Å². The van der Waals surface area contributed by atoms with E-state index in [1.807, 2.05) is 30.3 Å². The third-order valence-electron chi connectivity index (χ3n) is 3.30. The molecule has 0 aromatic heterocycles. The third-order valence-corrected chi connectivity index (χ3v) is 3.30. The largest absolute Gasteiger partial charge is 0.318 e. The molecule has 0 aliphatic heterocycles. The summed E-state index contributed by atoms with van der Waals surface area (Å²) in [7, 11) is 0. The highest BCUT2D eigenvalue weighted by Crippen LogP contribution is 2.22. The molecule has 1 aromatic rings. The van der Waals surface area contributed by atoms with Crippen molar-refractivity contribution in [1.29, 1.82) is 0 Å². The maximum absolute atomic E-state index is 12.3. The molecule has 0 saturated carbocycles. The number of nitrogens with two attached hydrogens (primary N) is 1. The number of carbonyl (C=O) groups excluding carboxylic acids is 1. The van der Waals surface area contributed by atoms with Crippen LogP contribution in [0, 0.1) is 0 Å². The molecule has 0 heterocycles. The van der Waals surface area contributed by atoms with Gasteiger partial charge in [0.25, 0.3) is 0 Å². The van der Waals surface area contributed by atoms with Crippen molar-refractivity contribution in [2.24, 2.45) is 5.73 Å². The van der Waals surface area contributed by atoms with Gasteiger partial charge in [-0.15, -0.1) is 0 Å². The summed E-state index contributed by atoms with van der Waals surface area (Å²) in [6, 6.07) is 9.11. The zero-order chi connectivity index (χ0) is 12.1. The van der Waals surface area contributed by atoms with E-state index in [9.17, 15) is 4.79 Å². The molecule has 1 atom stereocenters. The van der Waals surface area contributed by atoms with Crippen LogP contribution in [0.15, 0.2) is 42.0 Å². The van der Waals surface area contributed by atoms with Crippen LogP contribution in [0.4, 0.5) is 0 Å². The molecule has 2 rings (SSSR count). The van der Waals surface area contributed by atoms with Crippen molar-refractivity contribution >= 4 is 5.78 Å². The lowest BCUT2D eigenvalue weighted by atomic mass is 9.95. The molecule has 90 valence electrons. The van der Waals surface area contributed by atoms with Crippen molar-refractivity contribution in [2.45, 2.75) is 38.1 Å². The van der Waals surface area contributed by atoms with E-state index in [0.717, 1.165) is 30.4 Å². The molecule has 2 heteroatoms. The second kappa shape index (κ2) is 5.78. The highest BCUT2D eigenvalue weighted by molar-refractivity contribution is 5.99. The van der Waals surface area contributed by atoms with E-state index in [2.05, 4.69) is 6.08 Å². The van der Waals surface area contributed by atoms with Gasteiger partial charge in [-0.3, -0.25) is 4.79 Å². The van der Waals surface area contributed by atoms with Gasteiger partial charge in [0, 0.05) is 0 Å². The maximum atomic E-state index is 12.3. The zero-order valence-corrected chi connectivity index (χ0v) is 10.1. The number of rotatable bonds is 3. The first-order valence-corrected chi connectivity index (χ1v) is 6.33. The monoisotopic (exact) mass is 229 g/mol. The summed E-state index contributed by atoms with van der Waals surface area (Å²) in [5, 5.41) is 0. The molecule has 0 radical (unpaired) electrons. The summed E-state index contributed by atoms with van der Waals surface area (Å²) in [6.45, 7) is 0. The number of Topliss-reactive ketones (excluding diaryl/α,β-unsaturated/α-hetero) is 1. The molecule has 0 fully saturated rings. The average Bonchev–Trinajstić information content (AvgIpc) is 2.67. The molecule has 1 aromatic carbocycles. The second-order valence-corrected chi connectivity index (χ2v) is 4.58. The summed E-state index contributed by atoms with van der Waals surface area (Å²) < 4.78 is 0. The van der Waals surface area contributed by atoms with E-state index in [-0.39, 0.29) is 5.78 Å². The lowest BCUT2D eigenvalue weighted by Gasteiger charge is -2.12. The van der Waals surface area contributed by atoms with E-state index in [0.29, 0.717) is 0 Å². The minimum absolute atomic E-state index is 0.0955. The van der Waals surface area contributed by atoms with E-state index >= 15 is 0 Å². The number of hydrogen-bond donors (Lipinski definition) is 1. The first kappa shape index (κ1) is 12.1. The van der Waals surface area contributed by atoms with Gasteiger partial charge in [-0.2, -0.15) is 0 Å². The average molecular weight is 229 g/mol. The predicted octanol–water partition coefficient (Wildman–Crippen LogP) is 3.15. The molecule has 17 heavy (non-hydrogen) atoms. The molecule has 0 amide bonds. The summed E-state index contributed by atoms with van der Waals surface area (Å²) in [5.74, 6) is 0.0955. The van der Waals surface area contributed by atoms with Gasteiger partial charge in [0.2, 0.25) is 0 Å². The Hall–Kier alpha value is -1.41. The molecule has 1 aliphatic rings. The van der Waals surface area contributed by atoms with Gasteiger partial charge in [-0.05, 0) is 36.8 Å². The zero-order valence-electron chi connectivity index (χ0n) is 10.1. The molecule has 2 N–H and O–H groups in total.